The number of aromatic nitrogens is 3. The van der Waals surface area contributed by atoms with Gasteiger partial charge in [-0.05, 0) is 36.4 Å². The molecule has 1 heterocycles. The summed E-state index contributed by atoms with van der Waals surface area (Å²) in [5, 5.41) is 11.6. The number of anilines is 1. The molecule has 3 N–H and O–H groups in total. The van der Waals surface area contributed by atoms with E-state index in [4.69, 9.17) is 17.4 Å². The summed E-state index contributed by atoms with van der Waals surface area (Å²) >= 11 is 6.93. The number of nitrogens with zero attached hydrogens (tertiary/aromatic N) is 3. The number of rotatable bonds is 5. The molecule has 9 heteroatoms. The summed E-state index contributed by atoms with van der Waals surface area (Å²) in [7, 11) is 0. The normalized spacial score (nSPS) is 10.6. The molecule has 2 aromatic carbocycles. The van der Waals surface area contributed by atoms with Crippen molar-refractivity contribution < 1.29 is 9.18 Å². The van der Waals surface area contributed by atoms with Crippen LogP contribution in [0.5, 0.6) is 0 Å². The van der Waals surface area contributed by atoms with Gasteiger partial charge in [-0.15, -0.1) is 10.2 Å². The first-order valence-electron chi connectivity index (χ1n) is 7.17. The molecule has 0 bridgehead atoms. The molecule has 0 saturated heterocycles. The molecule has 3 rings (SSSR count). The lowest BCUT2D eigenvalue weighted by Gasteiger charge is -2.05. The van der Waals surface area contributed by atoms with Gasteiger partial charge < -0.3 is 11.2 Å². The maximum absolute atomic E-state index is 13.3. The van der Waals surface area contributed by atoms with Crippen molar-refractivity contribution in [3.8, 4) is 11.4 Å². The van der Waals surface area contributed by atoms with Crippen molar-refractivity contribution in [1.29, 1.82) is 0 Å². The third-order valence-electron chi connectivity index (χ3n) is 3.21. The average Bonchev–Trinajstić information content (AvgIpc) is 2.96. The van der Waals surface area contributed by atoms with E-state index in [1.54, 1.807) is 36.4 Å². The molecule has 0 aliphatic carbocycles. The largest absolute Gasteiger partial charge is 0.335 e. The van der Waals surface area contributed by atoms with E-state index in [2.05, 4.69) is 15.5 Å². The van der Waals surface area contributed by atoms with Crippen molar-refractivity contribution in [2.24, 2.45) is 0 Å². The Morgan fingerprint density at radius 3 is 2.72 bits per heavy atom. The zero-order valence-corrected chi connectivity index (χ0v) is 14.4. The van der Waals surface area contributed by atoms with Gasteiger partial charge in [-0.3, -0.25) is 4.79 Å². The molecule has 128 valence electrons. The highest BCUT2D eigenvalue weighted by atomic mass is 35.5. The van der Waals surface area contributed by atoms with Crippen LogP contribution in [0.25, 0.3) is 11.4 Å². The molecule has 25 heavy (non-hydrogen) atoms. The van der Waals surface area contributed by atoms with Gasteiger partial charge in [-0.2, -0.15) is 0 Å². The van der Waals surface area contributed by atoms with Gasteiger partial charge in [0.05, 0.1) is 5.75 Å². The Labute approximate surface area is 152 Å². The highest BCUT2D eigenvalue weighted by molar-refractivity contribution is 7.99. The van der Waals surface area contributed by atoms with Crippen LogP contribution in [0, 0.1) is 5.82 Å². The Hall–Kier alpha value is -2.58. The number of carbonyl (C=O) groups is 1. The Bertz CT molecular complexity index is 900. The van der Waals surface area contributed by atoms with Gasteiger partial charge in [0.15, 0.2) is 5.82 Å². The molecule has 0 aliphatic rings. The van der Waals surface area contributed by atoms with E-state index in [0.717, 1.165) is 11.8 Å². The molecular formula is C16H13ClFN5OS. The lowest BCUT2D eigenvalue weighted by atomic mass is 10.2. The van der Waals surface area contributed by atoms with E-state index in [-0.39, 0.29) is 11.7 Å². The van der Waals surface area contributed by atoms with Crippen LogP contribution in [-0.4, -0.2) is 26.5 Å². The van der Waals surface area contributed by atoms with E-state index < -0.39 is 5.82 Å². The highest BCUT2D eigenvalue weighted by Gasteiger charge is 2.14. The fraction of sp³-hybridized carbons (Fsp3) is 0.0625. The van der Waals surface area contributed by atoms with Crippen molar-refractivity contribution in [2.45, 2.75) is 5.16 Å². The molecule has 0 aliphatic heterocycles. The van der Waals surface area contributed by atoms with Crippen LogP contribution in [-0.2, 0) is 4.79 Å². The van der Waals surface area contributed by atoms with E-state index in [1.807, 2.05) is 0 Å². The lowest BCUT2D eigenvalue weighted by Crippen LogP contribution is -2.16. The average molecular weight is 378 g/mol. The van der Waals surface area contributed by atoms with Gasteiger partial charge in [0.2, 0.25) is 11.1 Å². The molecule has 1 aromatic heterocycles. The minimum absolute atomic E-state index is 0.0983. The number of hydrogen-bond donors (Lipinski definition) is 2. The van der Waals surface area contributed by atoms with Crippen molar-refractivity contribution in [1.82, 2.24) is 14.9 Å². The Morgan fingerprint density at radius 1 is 1.24 bits per heavy atom. The van der Waals surface area contributed by atoms with Crippen molar-refractivity contribution in [3.63, 3.8) is 0 Å². The second kappa shape index (κ2) is 7.54. The predicted octanol–water partition coefficient (Wildman–Crippen LogP) is 3.18. The summed E-state index contributed by atoms with van der Waals surface area (Å²) < 4.78 is 14.5. The molecule has 0 unspecified atom stereocenters. The third-order valence-corrected chi connectivity index (χ3v) is 4.40. The molecular weight excluding hydrogens is 365 g/mol. The van der Waals surface area contributed by atoms with E-state index in [1.165, 1.54) is 16.8 Å². The van der Waals surface area contributed by atoms with Gasteiger partial charge in [0.1, 0.15) is 5.82 Å². The summed E-state index contributed by atoms with van der Waals surface area (Å²) in [5.41, 5.74) is 1.15. The van der Waals surface area contributed by atoms with E-state index in [9.17, 15) is 9.18 Å². The smallest absolute Gasteiger partial charge is 0.234 e. The number of hydrogen-bond acceptors (Lipinski definition) is 5. The van der Waals surface area contributed by atoms with Crippen LogP contribution >= 0.6 is 23.4 Å². The van der Waals surface area contributed by atoms with Gasteiger partial charge in [0, 0.05) is 16.3 Å². The Balaban J connectivity index is 1.64. The molecule has 0 radical (unpaired) electrons. The molecule has 3 aromatic rings. The summed E-state index contributed by atoms with van der Waals surface area (Å²) in [5.74, 6) is 5.75. The van der Waals surface area contributed by atoms with Gasteiger partial charge in [-0.25, -0.2) is 9.07 Å². The number of nitrogen functional groups attached to an aromatic ring is 1. The molecule has 6 nitrogen and oxygen atoms in total. The number of amides is 1. The van der Waals surface area contributed by atoms with Crippen molar-refractivity contribution in [3.05, 3.63) is 59.4 Å². The topological polar surface area (TPSA) is 85.8 Å². The fourth-order valence-electron chi connectivity index (χ4n) is 2.06. The number of thioether (sulfide) groups is 1. The molecule has 0 saturated carbocycles. The Kier molecular flexibility index (Phi) is 5.20. The van der Waals surface area contributed by atoms with Crippen molar-refractivity contribution >= 4 is 35.0 Å². The van der Waals surface area contributed by atoms with Crippen LogP contribution in [0.4, 0.5) is 10.1 Å². The number of nitrogens with one attached hydrogen (secondary N) is 1. The summed E-state index contributed by atoms with van der Waals surface area (Å²) in [4.78, 5) is 12.0. The summed E-state index contributed by atoms with van der Waals surface area (Å²) in [6.45, 7) is 0. The second-order valence-electron chi connectivity index (χ2n) is 5.03. The fourth-order valence-corrected chi connectivity index (χ4v) is 2.84. The minimum Gasteiger partial charge on any atom is -0.335 e. The number of benzene rings is 2. The van der Waals surface area contributed by atoms with Crippen LogP contribution in [0.15, 0.2) is 53.7 Å². The zero-order chi connectivity index (χ0) is 17.8. The maximum Gasteiger partial charge on any atom is 0.234 e. The predicted molar refractivity (Wildman–Crippen MR) is 96.4 cm³/mol. The standard InChI is InChI=1S/C16H13ClFN5OS/c17-11-4-6-13(7-5-11)20-14(24)9-25-16-22-21-15(23(16)19)10-2-1-3-12(18)8-10/h1-8H,9,19H2,(H,20,24). The van der Waals surface area contributed by atoms with Crippen LogP contribution in [0.3, 0.4) is 0 Å². The van der Waals surface area contributed by atoms with E-state index >= 15 is 0 Å². The first-order valence-corrected chi connectivity index (χ1v) is 8.54. The van der Waals surface area contributed by atoms with Gasteiger partial charge >= 0.3 is 0 Å². The molecule has 0 atom stereocenters. The van der Waals surface area contributed by atoms with Gasteiger partial charge in [-0.1, -0.05) is 35.5 Å². The zero-order valence-electron chi connectivity index (χ0n) is 12.8. The van der Waals surface area contributed by atoms with Crippen LogP contribution in [0.2, 0.25) is 5.02 Å². The highest BCUT2D eigenvalue weighted by Crippen LogP contribution is 2.22. The number of nitrogens with two attached hydrogens (primary N) is 1. The van der Waals surface area contributed by atoms with Gasteiger partial charge in [0.25, 0.3) is 0 Å². The van der Waals surface area contributed by atoms with Crippen LogP contribution in [0.1, 0.15) is 0 Å². The lowest BCUT2D eigenvalue weighted by molar-refractivity contribution is -0.113. The minimum atomic E-state index is -0.392. The van der Waals surface area contributed by atoms with Crippen LogP contribution < -0.4 is 11.2 Å². The first-order chi connectivity index (χ1) is 12.0. The SMILES string of the molecule is Nn1c(SCC(=O)Nc2ccc(Cl)cc2)nnc1-c1cccc(F)c1. The first kappa shape index (κ1) is 17.2. The summed E-state index contributed by atoms with van der Waals surface area (Å²) in [6.07, 6.45) is 0. The number of halogens is 2. The monoisotopic (exact) mass is 377 g/mol. The maximum atomic E-state index is 13.3. The molecule has 0 fully saturated rings. The Morgan fingerprint density at radius 2 is 2.00 bits per heavy atom. The molecule has 0 spiro atoms. The van der Waals surface area contributed by atoms with Crippen molar-refractivity contribution in [2.75, 3.05) is 16.9 Å². The molecule has 1 amide bonds. The second-order valence-corrected chi connectivity index (χ2v) is 6.41. The quantitative estimate of drug-likeness (QED) is 0.527. The number of carbonyl (C=O) groups excluding carboxylic acids is 1. The summed E-state index contributed by atoms with van der Waals surface area (Å²) in [6, 6.07) is 12.7. The third kappa shape index (κ3) is 4.28. The van der Waals surface area contributed by atoms with E-state index in [0.29, 0.717) is 27.3 Å².